The number of piperidine rings is 1. The molecule has 2 N–H and O–H groups in total. The largest absolute Gasteiger partial charge is 0.394 e. The topological polar surface area (TPSA) is 35.5 Å². The van der Waals surface area contributed by atoms with Crippen molar-refractivity contribution in [3.05, 3.63) is 0 Å². The van der Waals surface area contributed by atoms with Crippen LogP contribution in [0.25, 0.3) is 0 Å². The van der Waals surface area contributed by atoms with E-state index in [2.05, 4.69) is 17.1 Å². The van der Waals surface area contributed by atoms with Crippen molar-refractivity contribution in [1.29, 1.82) is 0 Å². The van der Waals surface area contributed by atoms with Crippen LogP contribution in [0.3, 0.4) is 0 Å². The molecule has 0 aromatic rings. The second-order valence-corrected chi connectivity index (χ2v) is 6.79. The number of aliphatic hydroxyl groups excluding tert-OH is 1. The maximum atomic E-state index is 9.75. The number of hydrogen-bond donors (Lipinski definition) is 2. The van der Waals surface area contributed by atoms with Crippen LogP contribution in [-0.2, 0) is 0 Å². The summed E-state index contributed by atoms with van der Waals surface area (Å²) >= 11 is 0. The molecule has 0 spiro atoms. The SMILES string of the molecule is CCCNC1(CO)CCC(N2CC3CCC2C3)C1. The van der Waals surface area contributed by atoms with Crippen LogP contribution in [-0.4, -0.2) is 47.3 Å². The fourth-order valence-electron chi connectivity index (χ4n) is 4.54. The van der Waals surface area contributed by atoms with E-state index in [0.717, 1.165) is 43.8 Å². The minimum atomic E-state index is 0.0303. The number of fused-ring (bicyclic) bond motifs is 2. The van der Waals surface area contributed by atoms with E-state index >= 15 is 0 Å². The molecule has 0 aromatic heterocycles. The number of nitrogens with zero attached hydrogens (tertiary/aromatic N) is 1. The van der Waals surface area contributed by atoms with Crippen molar-refractivity contribution >= 4 is 0 Å². The van der Waals surface area contributed by atoms with Crippen molar-refractivity contribution in [1.82, 2.24) is 10.2 Å². The molecule has 3 heteroatoms. The highest BCUT2D eigenvalue weighted by molar-refractivity contribution is 5.03. The molecular formula is C15H28N2O. The Bertz CT molecular complexity index is 296. The quantitative estimate of drug-likeness (QED) is 0.782. The molecule has 18 heavy (non-hydrogen) atoms. The maximum absolute atomic E-state index is 9.75. The van der Waals surface area contributed by atoms with Gasteiger partial charge in [0.25, 0.3) is 0 Å². The molecular weight excluding hydrogens is 224 g/mol. The lowest BCUT2D eigenvalue weighted by Gasteiger charge is -2.35. The van der Waals surface area contributed by atoms with E-state index in [-0.39, 0.29) is 5.54 Å². The second kappa shape index (κ2) is 5.10. The van der Waals surface area contributed by atoms with Gasteiger partial charge in [0.05, 0.1) is 6.61 Å². The van der Waals surface area contributed by atoms with Gasteiger partial charge in [-0.15, -0.1) is 0 Å². The average Bonchev–Trinajstić information content (AvgIpc) is 3.11. The van der Waals surface area contributed by atoms with E-state index < -0.39 is 0 Å². The Labute approximate surface area is 111 Å². The van der Waals surface area contributed by atoms with Crippen LogP contribution in [0.5, 0.6) is 0 Å². The molecule has 104 valence electrons. The van der Waals surface area contributed by atoms with E-state index in [0.29, 0.717) is 6.61 Å². The van der Waals surface area contributed by atoms with Gasteiger partial charge in [0.1, 0.15) is 0 Å². The van der Waals surface area contributed by atoms with Gasteiger partial charge in [-0.05, 0) is 57.4 Å². The van der Waals surface area contributed by atoms with Gasteiger partial charge in [-0.25, -0.2) is 0 Å². The molecule has 0 radical (unpaired) electrons. The number of rotatable bonds is 5. The molecule has 0 amide bonds. The van der Waals surface area contributed by atoms with Gasteiger partial charge >= 0.3 is 0 Å². The molecule has 4 atom stereocenters. The highest BCUT2D eigenvalue weighted by atomic mass is 16.3. The van der Waals surface area contributed by atoms with Gasteiger partial charge < -0.3 is 10.4 Å². The van der Waals surface area contributed by atoms with Crippen LogP contribution in [0.4, 0.5) is 0 Å². The van der Waals surface area contributed by atoms with Gasteiger partial charge in [-0.1, -0.05) is 6.92 Å². The van der Waals surface area contributed by atoms with Crippen LogP contribution >= 0.6 is 0 Å². The third kappa shape index (κ3) is 2.21. The van der Waals surface area contributed by atoms with Crippen molar-refractivity contribution in [3.8, 4) is 0 Å². The predicted octanol–water partition coefficient (Wildman–Crippen LogP) is 1.75. The van der Waals surface area contributed by atoms with E-state index in [1.54, 1.807) is 0 Å². The average molecular weight is 252 g/mol. The Morgan fingerprint density at radius 3 is 2.78 bits per heavy atom. The van der Waals surface area contributed by atoms with Crippen LogP contribution in [0.1, 0.15) is 51.9 Å². The standard InChI is InChI=1S/C15H28N2O/c1-2-7-16-15(11-18)6-5-14(9-15)17-10-12-3-4-13(17)8-12/h12-14,16,18H,2-11H2,1H3. The van der Waals surface area contributed by atoms with Crippen LogP contribution in [0.15, 0.2) is 0 Å². The van der Waals surface area contributed by atoms with Gasteiger partial charge in [0.15, 0.2) is 0 Å². The van der Waals surface area contributed by atoms with E-state index in [1.165, 1.54) is 32.2 Å². The minimum absolute atomic E-state index is 0.0303. The number of nitrogens with one attached hydrogen (secondary N) is 1. The van der Waals surface area contributed by atoms with Crippen LogP contribution in [0, 0.1) is 5.92 Å². The Hall–Kier alpha value is -0.120. The first-order chi connectivity index (χ1) is 8.76. The van der Waals surface area contributed by atoms with Crippen LogP contribution < -0.4 is 5.32 Å². The first-order valence-electron chi connectivity index (χ1n) is 7.88. The lowest BCUT2D eigenvalue weighted by atomic mass is 9.97. The molecule has 1 heterocycles. The lowest BCUT2D eigenvalue weighted by molar-refractivity contribution is 0.123. The molecule has 4 unspecified atom stereocenters. The van der Waals surface area contributed by atoms with Gasteiger partial charge in [-0.3, -0.25) is 4.90 Å². The van der Waals surface area contributed by atoms with Crippen molar-refractivity contribution in [3.63, 3.8) is 0 Å². The second-order valence-electron chi connectivity index (χ2n) is 6.79. The molecule has 2 bridgehead atoms. The zero-order chi connectivity index (χ0) is 12.6. The molecule has 3 fully saturated rings. The summed E-state index contributed by atoms with van der Waals surface area (Å²) in [5.74, 6) is 0.989. The number of aliphatic hydroxyl groups is 1. The molecule has 2 aliphatic carbocycles. The van der Waals surface area contributed by atoms with Gasteiger partial charge in [0.2, 0.25) is 0 Å². The molecule has 2 saturated carbocycles. The van der Waals surface area contributed by atoms with Crippen LogP contribution in [0.2, 0.25) is 0 Å². The fraction of sp³-hybridized carbons (Fsp3) is 1.00. The van der Waals surface area contributed by atoms with Gasteiger partial charge in [-0.2, -0.15) is 0 Å². The Morgan fingerprint density at radius 1 is 1.28 bits per heavy atom. The molecule has 0 aromatic carbocycles. The van der Waals surface area contributed by atoms with E-state index in [4.69, 9.17) is 0 Å². The number of likely N-dealkylation sites (tertiary alicyclic amines) is 1. The van der Waals surface area contributed by atoms with Crippen molar-refractivity contribution < 1.29 is 5.11 Å². The smallest absolute Gasteiger partial charge is 0.0613 e. The highest BCUT2D eigenvalue weighted by Gasteiger charge is 2.46. The van der Waals surface area contributed by atoms with Crippen molar-refractivity contribution in [2.75, 3.05) is 19.7 Å². The molecule has 3 rings (SSSR count). The first-order valence-corrected chi connectivity index (χ1v) is 7.88. The fourth-order valence-corrected chi connectivity index (χ4v) is 4.54. The molecule has 1 saturated heterocycles. The normalized spacial score (nSPS) is 44.0. The zero-order valence-corrected chi connectivity index (χ0v) is 11.7. The summed E-state index contributed by atoms with van der Waals surface area (Å²) in [5, 5.41) is 13.4. The zero-order valence-electron chi connectivity index (χ0n) is 11.7. The van der Waals surface area contributed by atoms with E-state index in [9.17, 15) is 5.11 Å². The Balaban J connectivity index is 1.60. The maximum Gasteiger partial charge on any atom is 0.0613 e. The van der Waals surface area contributed by atoms with E-state index in [1.807, 2.05) is 0 Å². The summed E-state index contributed by atoms with van der Waals surface area (Å²) in [6.45, 7) is 4.89. The molecule has 3 nitrogen and oxygen atoms in total. The summed E-state index contributed by atoms with van der Waals surface area (Å²) < 4.78 is 0. The summed E-state index contributed by atoms with van der Waals surface area (Å²) in [7, 11) is 0. The van der Waals surface area contributed by atoms with Crippen molar-refractivity contribution in [2.45, 2.75) is 69.5 Å². The van der Waals surface area contributed by atoms with Gasteiger partial charge in [0, 0.05) is 24.2 Å². The lowest BCUT2D eigenvalue weighted by Crippen LogP contribution is -2.49. The summed E-state index contributed by atoms with van der Waals surface area (Å²) in [6, 6.07) is 1.61. The summed E-state index contributed by atoms with van der Waals surface area (Å²) in [5.41, 5.74) is 0.0303. The Morgan fingerprint density at radius 2 is 2.17 bits per heavy atom. The van der Waals surface area contributed by atoms with Crippen molar-refractivity contribution in [2.24, 2.45) is 5.92 Å². The summed E-state index contributed by atoms with van der Waals surface area (Å²) in [6.07, 6.45) is 9.09. The highest BCUT2D eigenvalue weighted by Crippen LogP contribution is 2.43. The third-order valence-electron chi connectivity index (χ3n) is 5.56. The minimum Gasteiger partial charge on any atom is -0.394 e. The molecule has 1 aliphatic heterocycles. The predicted molar refractivity (Wildman–Crippen MR) is 73.6 cm³/mol. The monoisotopic (exact) mass is 252 g/mol. The summed E-state index contributed by atoms with van der Waals surface area (Å²) in [4.78, 5) is 2.78. The number of hydrogen-bond acceptors (Lipinski definition) is 3. The first kappa shape index (κ1) is 12.9. The third-order valence-corrected chi connectivity index (χ3v) is 5.56. The Kier molecular flexibility index (Phi) is 3.65. The molecule has 3 aliphatic rings.